The van der Waals surface area contributed by atoms with E-state index in [2.05, 4.69) is 10.4 Å². The number of nitrogens with one attached hydrogen (secondary N) is 1. The number of carbonyl (C=O) groups is 2. The van der Waals surface area contributed by atoms with Crippen molar-refractivity contribution >= 4 is 18.0 Å². The molecular weight excluding hydrogens is 270 g/mol. The molecule has 0 aromatic carbocycles. The maximum absolute atomic E-state index is 12.1. The van der Waals surface area contributed by atoms with Gasteiger partial charge in [0.25, 0.3) is 0 Å². The number of aliphatic carboxylic acids is 1. The second kappa shape index (κ2) is 6.11. The fraction of sp³-hybridized carbons (Fsp3) is 0.533. The van der Waals surface area contributed by atoms with Crippen molar-refractivity contribution in [1.29, 1.82) is 0 Å². The standard InChI is InChI=1S/C15H21N3O3/c1-11-5-3-4-8-15(11,14(20)21)17-13(19)7-6-12-9-16-18(2)10-12/h6-7,9-11H,3-5,8H2,1-2H3,(H,17,19)(H,20,21)/b7-6+. The van der Waals surface area contributed by atoms with Gasteiger partial charge in [0.1, 0.15) is 5.54 Å². The van der Waals surface area contributed by atoms with Gasteiger partial charge in [-0.15, -0.1) is 0 Å². The molecule has 0 saturated heterocycles. The summed E-state index contributed by atoms with van der Waals surface area (Å²) in [6.45, 7) is 1.89. The molecule has 1 heterocycles. The number of amides is 1. The van der Waals surface area contributed by atoms with Crippen molar-refractivity contribution in [3.8, 4) is 0 Å². The first-order chi connectivity index (χ1) is 9.94. The third-order valence-corrected chi connectivity index (χ3v) is 4.18. The quantitative estimate of drug-likeness (QED) is 0.825. The molecule has 1 amide bonds. The van der Waals surface area contributed by atoms with Gasteiger partial charge in [-0.2, -0.15) is 5.10 Å². The molecule has 0 aliphatic heterocycles. The average Bonchev–Trinajstić information content (AvgIpc) is 2.85. The van der Waals surface area contributed by atoms with Crippen molar-refractivity contribution in [1.82, 2.24) is 15.1 Å². The minimum atomic E-state index is -1.14. The number of hydrogen-bond acceptors (Lipinski definition) is 3. The Morgan fingerprint density at radius 3 is 2.86 bits per heavy atom. The second-order valence-electron chi connectivity index (χ2n) is 5.69. The highest BCUT2D eigenvalue weighted by atomic mass is 16.4. The first-order valence-corrected chi connectivity index (χ1v) is 7.16. The SMILES string of the molecule is CC1CCCCC1(NC(=O)/C=C/c1cnn(C)c1)C(=O)O. The van der Waals surface area contributed by atoms with E-state index in [1.807, 2.05) is 6.92 Å². The lowest BCUT2D eigenvalue weighted by Gasteiger charge is -2.39. The zero-order valence-corrected chi connectivity index (χ0v) is 12.4. The van der Waals surface area contributed by atoms with Crippen molar-refractivity contribution in [2.75, 3.05) is 0 Å². The molecule has 6 nitrogen and oxygen atoms in total. The summed E-state index contributed by atoms with van der Waals surface area (Å²) in [5.41, 5.74) is -0.344. The van der Waals surface area contributed by atoms with Gasteiger partial charge in [0.05, 0.1) is 6.20 Å². The highest BCUT2D eigenvalue weighted by molar-refractivity contribution is 5.96. The molecule has 1 aromatic heterocycles. The first kappa shape index (κ1) is 15.3. The van der Waals surface area contributed by atoms with Crippen LogP contribution in [-0.2, 0) is 16.6 Å². The summed E-state index contributed by atoms with van der Waals surface area (Å²) in [7, 11) is 1.79. The minimum absolute atomic E-state index is 0.0699. The van der Waals surface area contributed by atoms with E-state index in [0.717, 1.165) is 24.8 Å². The number of carboxylic acids is 1. The van der Waals surface area contributed by atoms with Crippen LogP contribution in [0.3, 0.4) is 0 Å². The molecule has 114 valence electrons. The van der Waals surface area contributed by atoms with Crippen molar-refractivity contribution in [2.45, 2.75) is 38.1 Å². The Balaban J connectivity index is 2.08. The fourth-order valence-corrected chi connectivity index (χ4v) is 2.86. The van der Waals surface area contributed by atoms with Crippen LogP contribution >= 0.6 is 0 Å². The number of rotatable bonds is 4. The van der Waals surface area contributed by atoms with Gasteiger partial charge in [-0.25, -0.2) is 4.79 Å². The maximum atomic E-state index is 12.1. The Morgan fingerprint density at radius 1 is 1.52 bits per heavy atom. The van der Waals surface area contributed by atoms with E-state index in [4.69, 9.17) is 0 Å². The molecular formula is C15H21N3O3. The van der Waals surface area contributed by atoms with E-state index in [9.17, 15) is 14.7 Å². The van der Waals surface area contributed by atoms with Gasteiger partial charge in [-0.1, -0.05) is 19.8 Å². The predicted molar refractivity (Wildman–Crippen MR) is 78.4 cm³/mol. The molecule has 2 unspecified atom stereocenters. The maximum Gasteiger partial charge on any atom is 0.329 e. The van der Waals surface area contributed by atoms with Crippen LogP contribution < -0.4 is 5.32 Å². The molecule has 1 saturated carbocycles. The number of aromatic nitrogens is 2. The predicted octanol–water partition coefficient (Wildman–Crippen LogP) is 1.58. The smallest absolute Gasteiger partial charge is 0.329 e. The summed E-state index contributed by atoms with van der Waals surface area (Å²) < 4.78 is 1.64. The molecule has 1 aromatic rings. The Hall–Kier alpha value is -2.11. The third kappa shape index (κ3) is 3.32. The Kier molecular flexibility index (Phi) is 4.45. The summed E-state index contributed by atoms with van der Waals surface area (Å²) in [5, 5.41) is 16.3. The van der Waals surface area contributed by atoms with E-state index in [1.165, 1.54) is 6.08 Å². The van der Waals surface area contributed by atoms with Crippen molar-refractivity contribution in [2.24, 2.45) is 13.0 Å². The molecule has 21 heavy (non-hydrogen) atoms. The number of carboxylic acid groups (broad SMARTS) is 1. The monoisotopic (exact) mass is 291 g/mol. The van der Waals surface area contributed by atoms with Crippen LogP contribution in [0, 0.1) is 5.92 Å². The summed E-state index contributed by atoms with van der Waals surface area (Å²) in [6, 6.07) is 0. The van der Waals surface area contributed by atoms with E-state index < -0.39 is 11.5 Å². The summed E-state index contributed by atoms with van der Waals surface area (Å²) in [4.78, 5) is 23.7. The van der Waals surface area contributed by atoms with Gasteiger partial charge >= 0.3 is 5.97 Å². The Bertz CT molecular complexity index is 564. The lowest BCUT2D eigenvalue weighted by molar-refractivity contribution is -0.151. The van der Waals surface area contributed by atoms with Gasteiger partial charge in [-0.05, 0) is 24.8 Å². The van der Waals surface area contributed by atoms with Gasteiger partial charge < -0.3 is 10.4 Å². The molecule has 6 heteroatoms. The lowest BCUT2D eigenvalue weighted by Crippen LogP contribution is -2.59. The molecule has 1 aliphatic rings. The molecule has 2 rings (SSSR count). The summed E-state index contributed by atoms with van der Waals surface area (Å²) in [5.74, 6) is -1.40. The van der Waals surface area contributed by atoms with Crippen molar-refractivity contribution in [3.63, 3.8) is 0 Å². The molecule has 2 atom stereocenters. The summed E-state index contributed by atoms with van der Waals surface area (Å²) >= 11 is 0. The van der Waals surface area contributed by atoms with Gasteiger partial charge in [-0.3, -0.25) is 9.48 Å². The van der Waals surface area contributed by atoms with E-state index in [1.54, 1.807) is 30.2 Å². The van der Waals surface area contributed by atoms with E-state index in [-0.39, 0.29) is 11.8 Å². The highest BCUT2D eigenvalue weighted by Gasteiger charge is 2.45. The average molecular weight is 291 g/mol. The van der Waals surface area contributed by atoms with Crippen LogP contribution in [0.25, 0.3) is 6.08 Å². The van der Waals surface area contributed by atoms with Crippen LogP contribution in [0.4, 0.5) is 0 Å². The van der Waals surface area contributed by atoms with Gasteiger partial charge in [0, 0.05) is 24.9 Å². The largest absolute Gasteiger partial charge is 0.479 e. The topological polar surface area (TPSA) is 84.2 Å². The van der Waals surface area contributed by atoms with Crippen LogP contribution in [0.2, 0.25) is 0 Å². The number of aryl methyl sites for hydroxylation is 1. The van der Waals surface area contributed by atoms with Crippen molar-refractivity contribution < 1.29 is 14.7 Å². The third-order valence-electron chi connectivity index (χ3n) is 4.18. The molecule has 0 radical (unpaired) electrons. The number of hydrogen-bond donors (Lipinski definition) is 2. The Labute approximate surface area is 123 Å². The Morgan fingerprint density at radius 2 is 2.29 bits per heavy atom. The molecule has 1 fully saturated rings. The molecule has 1 aliphatic carbocycles. The van der Waals surface area contributed by atoms with Crippen LogP contribution in [0.15, 0.2) is 18.5 Å². The second-order valence-corrected chi connectivity index (χ2v) is 5.69. The highest BCUT2D eigenvalue weighted by Crippen LogP contribution is 2.33. The zero-order valence-electron chi connectivity index (χ0n) is 12.4. The molecule has 0 bridgehead atoms. The molecule has 0 spiro atoms. The lowest BCUT2D eigenvalue weighted by atomic mass is 9.73. The first-order valence-electron chi connectivity index (χ1n) is 7.16. The summed E-state index contributed by atoms with van der Waals surface area (Å²) in [6.07, 6.45) is 9.55. The van der Waals surface area contributed by atoms with Crippen LogP contribution in [0.1, 0.15) is 38.2 Å². The number of carbonyl (C=O) groups excluding carboxylic acids is 1. The van der Waals surface area contributed by atoms with Gasteiger partial charge in [0.2, 0.25) is 5.91 Å². The molecule has 2 N–H and O–H groups in total. The minimum Gasteiger partial charge on any atom is -0.479 e. The normalized spacial score (nSPS) is 25.9. The van der Waals surface area contributed by atoms with E-state index in [0.29, 0.717) is 6.42 Å². The zero-order chi connectivity index (χ0) is 15.5. The fourth-order valence-electron chi connectivity index (χ4n) is 2.86. The van der Waals surface area contributed by atoms with Crippen LogP contribution in [-0.4, -0.2) is 32.3 Å². The van der Waals surface area contributed by atoms with Gasteiger partial charge in [0.15, 0.2) is 0 Å². The van der Waals surface area contributed by atoms with Crippen molar-refractivity contribution in [3.05, 3.63) is 24.0 Å². The van der Waals surface area contributed by atoms with Crippen LogP contribution in [0.5, 0.6) is 0 Å². The van der Waals surface area contributed by atoms with E-state index >= 15 is 0 Å². The number of nitrogens with zero attached hydrogens (tertiary/aromatic N) is 2.